The van der Waals surface area contributed by atoms with Crippen molar-refractivity contribution in [2.24, 2.45) is 0 Å². The van der Waals surface area contributed by atoms with Crippen LogP contribution in [-0.4, -0.2) is 52.4 Å². The second-order valence-electron chi connectivity index (χ2n) is 6.55. The molecule has 2 aromatic heterocycles. The van der Waals surface area contributed by atoms with E-state index in [0.29, 0.717) is 18.4 Å². The van der Waals surface area contributed by atoms with Gasteiger partial charge in [-0.1, -0.05) is 25.1 Å². The molecule has 0 saturated carbocycles. The molecule has 26 heavy (non-hydrogen) atoms. The molecule has 1 aromatic carbocycles. The van der Waals surface area contributed by atoms with Crippen molar-refractivity contribution in [3.8, 4) is 0 Å². The van der Waals surface area contributed by atoms with Gasteiger partial charge in [-0.2, -0.15) is 14.6 Å². The first-order chi connectivity index (χ1) is 12.8. The Balaban J connectivity index is 1.65. The smallest absolute Gasteiger partial charge is 0.254 e. The number of methoxy groups -OCH3 is 1. The van der Waals surface area contributed by atoms with Crippen LogP contribution in [0.1, 0.15) is 19.0 Å². The third kappa shape index (κ3) is 3.10. The maximum atomic E-state index is 5.28. The molecule has 0 aliphatic carbocycles. The topological polar surface area (TPSA) is 58.8 Å². The molecule has 1 unspecified atom stereocenters. The molecule has 136 valence electrons. The number of hydrogen-bond donors (Lipinski definition) is 0. The highest BCUT2D eigenvalue weighted by Gasteiger charge is 2.28. The fourth-order valence-electron chi connectivity index (χ4n) is 3.65. The van der Waals surface area contributed by atoms with Gasteiger partial charge in [-0.3, -0.25) is 0 Å². The van der Waals surface area contributed by atoms with Crippen LogP contribution in [-0.2, 0) is 11.3 Å². The summed E-state index contributed by atoms with van der Waals surface area (Å²) in [6.45, 7) is 5.59. The van der Waals surface area contributed by atoms with Crippen LogP contribution in [0.5, 0.6) is 0 Å². The van der Waals surface area contributed by atoms with Crippen molar-refractivity contribution in [3.05, 3.63) is 48.4 Å². The minimum absolute atomic E-state index is 0.397. The second-order valence-corrected chi connectivity index (χ2v) is 6.55. The lowest BCUT2D eigenvalue weighted by molar-refractivity contribution is 0.181. The van der Waals surface area contributed by atoms with Crippen molar-refractivity contribution in [1.82, 2.24) is 19.6 Å². The lowest BCUT2D eigenvalue weighted by Crippen LogP contribution is -2.53. The standard InChI is InChI=1S/C19H24N6O/c1-3-16-12-23(17-7-5-4-6-8-17)9-10-24(16)18-11-15(13-26-2)22-19-20-14-21-25(18)19/h4-8,11,14,16H,3,9-10,12-13H2,1-2H3. The van der Waals surface area contributed by atoms with E-state index in [0.717, 1.165) is 37.6 Å². The normalized spacial score (nSPS) is 17.8. The first-order valence-electron chi connectivity index (χ1n) is 9.05. The molecule has 0 amide bonds. The Kier molecular flexibility index (Phi) is 4.71. The summed E-state index contributed by atoms with van der Waals surface area (Å²) in [4.78, 5) is 13.7. The molecule has 0 bridgehead atoms. The first-order valence-corrected chi connectivity index (χ1v) is 9.05. The number of ether oxygens (including phenoxy) is 1. The number of fused-ring (bicyclic) bond motifs is 1. The first kappa shape index (κ1) is 16.8. The second kappa shape index (κ2) is 7.29. The molecule has 4 rings (SSSR count). The molecular weight excluding hydrogens is 328 g/mol. The molecular formula is C19H24N6O. The van der Waals surface area contributed by atoms with Crippen LogP contribution < -0.4 is 9.80 Å². The summed E-state index contributed by atoms with van der Waals surface area (Å²) in [5, 5.41) is 4.39. The Bertz CT molecular complexity index is 865. The number of hydrogen-bond acceptors (Lipinski definition) is 6. The lowest BCUT2D eigenvalue weighted by atomic mass is 10.1. The third-order valence-electron chi connectivity index (χ3n) is 4.95. The quantitative estimate of drug-likeness (QED) is 0.703. The highest BCUT2D eigenvalue weighted by molar-refractivity contribution is 5.53. The number of para-hydroxylation sites is 1. The molecule has 1 aliphatic heterocycles. The summed E-state index contributed by atoms with van der Waals surface area (Å²) in [6, 6.07) is 13.1. The molecule has 7 nitrogen and oxygen atoms in total. The average Bonchev–Trinajstić information content (AvgIpc) is 3.16. The van der Waals surface area contributed by atoms with Crippen LogP contribution in [0, 0.1) is 0 Å². The van der Waals surface area contributed by atoms with E-state index in [1.165, 1.54) is 5.69 Å². The van der Waals surface area contributed by atoms with Crippen LogP contribution in [0.3, 0.4) is 0 Å². The summed E-state index contributed by atoms with van der Waals surface area (Å²) >= 11 is 0. The largest absolute Gasteiger partial charge is 0.378 e. The zero-order valence-corrected chi connectivity index (χ0v) is 15.2. The average molecular weight is 352 g/mol. The zero-order valence-electron chi connectivity index (χ0n) is 15.2. The van der Waals surface area contributed by atoms with Crippen molar-refractivity contribution >= 4 is 17.3 Å². The van der Waals surface area contributed by atoms with Crippen molar-refractivity contribution in [2.75, 3.05) is 36.5 Å². The van der Waals surface area contributed by atoms with Gasteiger partial charge in [0.1, 0.15) is 12.1 Å². The number of aromatic nitrogens is 4. The van der Waals surface area contributed by atoms with Gasteiger partial charge >= 0.3 is 0 Å². The number of anilines is 2. The monoisotopic (exact) mass is 352 g/mol. The van der Waals surface area contributed by atoms with Crippen molar-refractivity contribution in [1.29, 1.82) is 0 Å². The summed E-state index contributed by atoms with van der Waals surface area (Å²) in [5.41, 5.74) is 2.16. The molecule has 1 fully saturated rings. The van der Waals surface area contributed by atoms with Gasteiger partial charge in [0.2, 0.25) is 0 Å². The number of rotatable bonds is 5. The number of nitrogens with zero attached hydrogens (tertiary/aromatic N) is 6. The van der Waals surface area contributed by atoms with E-state index in [-0.39, 0.29) is 0 Å². The van der Waals surface area contributed by atoms with Crippen LogP contribution in [0.25, 0.3) is 5.78 Å². The van der Waals surface area contributed by atoms with E-state index in [2.05, 4.69) is 68.2 Å². The Morgan fingerprint density at radius 3 is 2.81 bits per heavy atom. The van der Waals surface area contributed by atoms with Gasteiger partial charge < -0.3 is 14.5 Å². The fraction of sp³-hybridized carbons (Fsp3) is 0.421. The predicted molar refractivity (Wildman–Crippen MR) is 102 cm³/mol. The molecule has 0 N–H and O–H groups in total. The molecule has 7 heteroatoms. The van der Waals surface area contributed by atoms with Gasteiger partial charge in [0.25, 0.3) is 5.78 Å². The van der Waals surface area contributed by atoms with E-state index in [4.69, 9.17) is 4.74 Å². The SMILES string of the molecule is CCC1CN(c2ccccc2)CCN1c1cc(COC)nc2ncnn12. The van der Waals surface area contributed by atoms with Crippen molar-refractivity contribution in [2.45, 2.75) is 26.0 Å². The fourth-order valence-corrected chi connectivity index (χ4v) is 3.65. The van der Waals surface area contributed by atoms with Crippen LogP contribution in [0.15, 0.2) is 42.7 Å². The molecule has 1 saturated heterocycles. The molecule has 0 spiro atoms. The van der Waals surface area contributed by atoms with E-state index in [9.17, 15) is 0 Å². The Morgan fingerprint density at radius 2 is 2.04 bits per heavy atom. The van der Waals surface area contributed by atoms with Crippen LogP contribution in [0.2, 0.25) is 0 Å². The number of piperazine rings is 1. The third-order valence-corrected chi connectivity index (χ3v) is 4.95. The Labute approximate surface area is 153 Å². The summed E-state index contributed by atoms with van der Waals surface area (Å²) < 4.78 is 7.11. The van der Waals surface area contributed by atoms with E-state index in [1.54, 1.807) is 13.4 Å². The minimum atomic E-state index is 0.397. The highest BCUT2D eigenvalue weighted by atomic mass is 16.5. The van der Waals surface area contributed by atoms with Crippen LogP contribution >= 0.6 is 0 Å². The molecule has 3 aromatic rings. The van der Waals surface area contributed by atoms with Crippen molar-refractivity contribution < 1.29 is 4.74 Å². The van der Waals surface area contributed by atoms with E-state index in [1.807, 2.05) is 4.52 Å². The molecule has 3 heterocycles. The van der Waals surface area contributed by atoms with Crippen molar-refractivity contribution in [3.63, 3.8) is 0 Å². The van der Waals surface area contributed by atoms with Gasteiger partial charge in [0, 0.05) is 44.5 Å². The Hall–Kier alpha value is -2.67. The van der Waals surface area contributed by atoms with E-state index >= 15 is 0 Å². The Morgan fingerprint density at radius 1 is 1.19 bits per heavy atom. The van der Waals surface area contributed by atoms with Gasteiger partial charge in [-0.15, -0.1) is 0 Å². The lowest BCUT2D eigenvalue weighted by Gasteiger charge is -2.43. The maximum absolute atomic E-state index is 5.28. The van der Waals surface area contributed by atoms with Gasteiger partial charge in [0.15, 0.2) is 0 Å². The van der Waals surface area contributed by atoms with Gasteiger partial charge in [0.05, 0.1) is 12.3 Å². The highest BCUT2D eigenvalue weighted by Crippen LogP contribution is 2.26. The summed E-state index contributed by atoms with van der Waals surface area (Å²) in [5.74, 6) is 1.66. The molecule has 1 aliphatic rings. The minimum Gasteiger partial charge on any atom is -0.378 e. The predicted octanol–water partition coefficient (Wildman–Crippen LogP) is 2.38. The molecule has 1 atom stereocenters. The van der Waals surface area contributed by atoms with Crippen LogP contribution in [0.4, 0.5) is 11.5 Å². The summed E-state index contributed by atoms with van der Waals surface area (Å²) in [6.07, 6.45) is 2.62. The maximum Gasteiger partial charge on any atom is 0.254 e. The zero-order chi connectivity index (χ0) is 17.9. The van der Waals surface area contributed by atoms with E-state index < -0.39 is 0 Å². The molecule has 0 radical (unpaired) electrons. The van der Waals surface area contributed by atoms with Gasteiger partial charge in [-0.25, -0.2) is 4.98 Å². The number of benzene rings is 1. The van der Waals surface area contributed by atoms with Gasteiger partial charge in [-0.05, 0) is 18.6 Å². The summed E-state index contributed by atoms with van der Waals surface area (Å²) in [7, 11) is 1.68.